The van der Waals surface area contributed by atoms with Crippen LogP contribution in [0.15, 0.2) is 12.4 Å². The molecular formula is C12H20ClN3. The van der Waals surface area contributed by atoms with Crippen molar-refractivity contribution in [3.05, 3.63) is 18.0 Å². The average molecular weight is 242 g/mol. The van der Waals surface area contributed by atoms with Crippen molar-refractivity contribution in [2.24, 2.45) is 7.05 Å². The predicted molar refractivity (Wildman–Crippen MR) is 66.8 cm³/mol. The minimum absolute atomic E-state index is 0.740. The molecule has 1 saturated carbocycles. The molecule has 1 fully saturated rings. The number of hydrogen-bond acceptors (Lipinski definition) is 2. The first-order valence-electron chi connectivity index (χ1n) is 6.07. The quantitative estimate of drug-likeness (QED) is 0.711. The molecule has 3 nitrogen and oxygen atoms in total. The second kappa shape index (κ2) is 5.69. The van der Waals surface area contributed by atoms with E-state index in [2.05, 4.69) is 16.2 Å². The molecule has 0 N–H and O–H groups in total. The molecule has 0 radical (unpaired) electrons. The van der Waals surface area contributed by atoms with Crippen LogP contribution < -0.4 is 0 Å². The van der Waals surface area contributed by atoms with Gasteiger partial charge >= 0.3 is 0 Å². The Morgan fingerprint density at radius 1 is 1.50 bits per heavy atom. The van der Waals surface area contributed by atoms with E-state index in [9.17, 15) is 0 Å². The Morgan fingerprint density at radius 3 is 2.81 bits per heavy atom. The molecular weight excluding hydrogens is 222 g/mol. The monoisotopic (exact) mass is 241 g/mol. The number of hydrogen-bond donors (Lipinski definition) is 0. The molecule has 1 aromatic heterocycles. The van der Waals surface area contributed by atoms with Crippen molar-refractivity contribution in [1.82, 2.24) is 14.7 Å². The van der Waals surface area contributed by atoms with Gasteiger partial charge in [0.2, 0.25) is 0 Å². The summed E-state index contributed by atoms with van der Waals surface area (Å²) in [5.41, 5.74) is 1.32. The molecule has 90 valence electrons. The van der Waals surface area contributed by atoms with Crippen LogP contribution in [0.3, 0.4) is 0 Å². The lowest BCUT2D eigenvalue weighted by Gasteiger charge is -2.37. The normalized spacial score (nSPS) is 16.7. The molecule has 0 aromatic carbocycles. The second-order valence-corrected chi connectivity index (χ2v) is 4.96. The lowest BCUT2D eigenvalue weighted by Crippen LogP contribution is -2.42. The molecule has 4 heteroatoms. The summed E-state index contributed by atoms with van der Waals surface area (Å²) in [5, 5.41) is 4.19. The molecule has 1 heterocycles. The standard InChI is InChI=1S/C12H20ClN3/c1-15-10-11(9-14-15)5-7-16(8-6-13)12-3-2-4-12/h9-10,12H,2-8H2,1H3. The third-order valence-corrected chi connectivity index (χ3v) is 3.58. The second-order valence-electron chi connectivity index (χ2n) is 4.58. The predicted octanol–water partition coefficient (Wildman–Crippen LogP) is 2.06. The third-order valence-electron chi connectivity index (χ3n) is 3.41. The van der Waals surface area contributed by atoms with E-state index in [1.807, 2.05) is 17.9 Å². The van der Waals surface area contributed by atoms with Crippen molar-refractivity contribution in [2.75, 3.05) is 19.0 Å². The van der Waals surface area contributed by atoms with Gasteiger partial charge in [-0.2, -0.15) is 5.10 Å². The SMILES string of the molecule is Cn1cc(CCN(CCCl)C2CCC2)cn1. The Kier molecular flexibility index (Phi) is 4.24. The van der Waals surface area contributed by atoms with E-state index >= 15 is 0 Å². The maximum absolute atomic E-state index is 5.85. The Labute approximate surface area is 102 Å². The summed E-state index contributed by atoms with van der Waals surface area (Å²) in [6, 6.07) is 0.787. The molecule has 16 heavy (non-hydrogen) atoms. The van der Waals surface area contributed by atoms with Crippen molar-refractivity contribution in [3.8, 4) is 0 Å². The number of rotatable bonds is 6. The fraction of sp³-hybridized carbons (Fsp3) is 0.750. The summed E-state index contributed by atoms with van der Waals surface area (Å²) in [6.45, 7) is 2.13. The highest BCUT2D eigenvalue weighted by molar-refractivity contribution is 6.18. The van der Waals surface area contributed by atoms with E-state index in [1.165, 1.54) is 24.8 Å². The molecule has 1 aliphatic rings. The maximum atomic E-state index is 5.85. The van der Waals surface area contributed by atoms with Crippen molar-refractivity contribution in [3.63, 3.8) is 0 Å². The van der Waals surface area contributed by atoms with Crippen LogP contribution in [-0.4, -0.2) is 39.7 Å². The van der Waals surface area contributed by atoms with Crippen molar-refractivity contribution in [2.45, 2.75) is 31.7 Å². The molecule has 0 atom stereocenters. The summed E-state index contributed by atoms with van der Waals surface area (Å²) in [7, 11) is 1.96. The van der Waals surface area contributed by atoms with Crippen molar-refractivity contribution >= 4 is 11.6 Å². The molecule has 0 bridgehead atoms. The largest absolute Gasteiger partial charge is 0.299 e. The number of aromatic nitrogens is 2. The summed E-state index contributed by atoms with van der Waals surface area (Å²) in [6.07, 6.45) is 9.23. The first-order valence-corrected chi connectivity index (χ1v) is 6.60. The Hall–Kier alpha value is -0.540. The molecule has 0 saturated heterocycles. The van der Waals surface area contributed by atoms with Gasteiger partial charge in [0.1, 0.15) is 0 Å². The molecule has 1 aliphatic carbocycles. The van der Waals surface area contributed by atoms with E-state index < -0.39 is 0 Å². The highest BCUT2D eigenvalue weighted by Crippen LogP contribution is 2.24. The fourth-order valence-corrected chi connectivity index (χ4v) is 2.43. The van der Waals surface area contributed by atoms with E-state index in [4.69, 9.17) is 11.6 Å². The topological polar surface area (TPSA) is 21.1 Å². The Balaban J connectivity index is 1.81. The van der Waals surface area contributed by atoms with Gasteiger partial charge in [0.25, 0.3) is 0 Å². The number of halogens is 1. The summed E-state index contributed by atoms with van der Waals surface area (Å²) >= 11 is 5.85. The van der Waals surface area contributed by atoms with Gasteiger partial charge in [0, 0.05) is 38.3 Å². The van der Waals surface area contributed by atoms with Gasteiger partial charge in [-0.15, -0.1) is 11.6 Å². The average Bonchev–Trinajstić information content (AvgIpc) is 2.58. The zero-order valence-electron chi connectivity index (χ0n) is 9.90. The summed E-state index contributed by atoms with van der Waals surface area (Å²) in [4.78, 5) is 2.53. The summed E-state index contributed by atoms with van der Waals surface area (Å²) < 4.78 is 1.87. The molecule has 0 amide bonds. The van der Waals surface area contributed by atoms with E-state index in [1.54, 1.807) is 0 Å². The lowest BCUT2D eigenvalue weighted by molar-refractivity contribution is 0.136. The zero-order chi connectivity index (χ0) is 11.4. The van der Waals surface area contributed by atoms with Crippen LogP contribution in [-0.2, 0) is 13.5 Å². The Bertz CT molecular complexity index is 320. The molecule has 1 aromatic rings. The van der Waals surface area contributed by atoms with Gasteiger partial charge in [0.05, 0.1) is 6.20 Å². The van der Waals surface area contributed by atoms with Gasteiger partial charge < -0.3 is 0 Å². The van der Waals surface area contributed by atoms with Crippen LogP contribution in [0.25, 0.3) is 0 Å². The van der Waals surface area contributed by atoms with Crippen LogP contribution >= 0.6 is 11.6 Å². The van der Waals surface area contributed by atoms with Crippen LogP contribution in [0.2, 0.25) is 0 Å². The first-order chi connectivity index (χ1) is 7.79. The van der Waals surface area contributed by atoms with Crippen LogP contribution in [0.5, 0.6) is 0 Å². The van der Waals surface area contributed by atoms with Crippen LogP contribution in [0, 0.1) is 0 Å². The third kappa shape index (κ3) is 2.98. The van der Waals surface area contributed by atoms with E-state index in [-0.39, 0.29) is 0 Å². The van der Waals surface area contributed by atoms with Crippen molar-refractivity contribution < 1.29 is 0 Å². The van der Waals surface area contributed by atoms with E-state index in [0.717, 1.165) is 31.4 Å². The smallest absolute Gasteiger partial charge is 0.0522 e. The number of alkyl halides is 1. The Morgan fingerprint density at radius 2 is 2.31 bits per heavy atom. The van der Waals surface area contributed by atoms with Gasteiger partial charge in [-0.05, 0) is 24.8 Å². The van der Waals surface area contributed by atoms with Gasteiger partial charge in [0.15, 0.2) is 0 Å². The maximum Gasteiger partial charge on any atom is 0.0522 e. The zero-order valence-corrected chi connectivity index (χ0v) is 10.7. The van der Waals surface area contributed by atoms with Gasteiger partial charge in [-0.25, -0.2) is 0 Å². The first kappa shape index (κ1) is 11.9. The van der Waals surface area contributed by atoms with Crippen molar-refractivity contribution in [1.29, 1.82) is 0 Å². The molecule has 0 aliphatic heterocycles. The van der Waals surface area contributed by atoms with Gasteiger partial charge in [-0.1, -0.05) is 6.42 Å². The number of nitrogens with zero attached hydrogens (tertiary/aromatic N) is 3. The molecule has 0 unspecified atom stereocenters. The lowest BCUT2D eigenvalue weighted by atomic mass is 9.91. The fourth-order valence-electron chi connectivity index (χ4n) is 2.21. The highest BCUT2D eigenvalue weighted by atomic mass is 35.5. The van der Waals surface area contributed by atoms with Gasteiger partial charge in [-0.3, -0.25) is 9.58 Å². The summed E-state index contributed by atoms with van der Waals surface area (Å²) in [5.74, 6) is 0.740. The molecule has 0 spiro atoms. The van der Waals surface area contributed by atoms with Crippen LogP contribution in [0.4, 0.5) is 0 Å². The number of aryl methyl sites for hydroxylation is 1. The van der Waals surface area contributed by atoms with E-state index in [0.29, 0.717) is 0 Å². The molecule has 2 rings (SSSR count). The minimum atomic E-state index is 0.740. The van der Waals surface area contributed by atoms with Crippen LogP contribution in [0.1, 0.15) is 24.8 Å². The minimum Gasteiger partial charge on any atom is -0.299 e. The highest BCUT2D eigenvalue weighted by Gasteiger charge is 2.23.